The van der Waals surface area contributed by atoms with Gasteiger partial charge in [0.25, 0.3) is 0 Å². The third-order valence-electron chi connectivity index (χ3n) is 2.72. The Balaban J connectivity index is 2.41. The van der Waals surface area contributed by atoms with Gasteiger partial charge in [0, 0.05) is 5.56 Å². The zero-order chi connectivity index (χ0) is 13.1. The van der Waals surface area contributed by atoms with E-state index in [-0.39, 0.29) is 6.04 Å². The van der Waals surface area contributed by atoms with Crippen molar-refractivity contribution >= 4 is 33.9 Å². The molecule has 5 heteroatoms. The molecule has 3 nitrogen and oxygen atoms in total. The average molecular weight is 375 g/mol. The molecule has 0 radical (unpaired) electrons. The molecular weight excluding hydrogens is 361 g/mol. The normalized spacial score (nSPS) is 12.2. The van der Waals surface area contributed by atoms with Gasteiger partial charge in [0.2, 0.25) is 0 Å². The van der Waals surface area contributed by atoms with Gasteiger partial charge in [-0.3, -0.25) is 0 Å². The van der Waals surface area contributed by atoms with Gasteiger partial charge in [0.1, 0.15) is 11.5 Å². The van der Waals surface area contributed by atoms with Gasteiger partial charge in [0.15, 0.2) is 0 Å². The molecule has 0 bridgehead atoms. The molecule has 1 unspecified atom stereocenters. The lowest BCUT2D eigenvalue weighted by atomic mass is 10.0. The minimum Gasteiger partial charge on any atom is -0.497 e. The van der Waals surface area contributed by atoms with Crippen LogP contribution in [0.3, 0.4) is 0 Å². The van der Waals surface area contributed by atoms with Crippen molar-refractivity contribution in [2.24, 2.45) is 5.73 Å². The molecule has 0 aliphatic carbocycles. The summed E-state index contributed by atoms with van der Waals surface area (Å²) in [5.74, 6) is 1.57. The highest BCUT2D eigenvalue weighted by molar-refractivity contribution is 14.1. The molecule has 0 fully saturated rings. The second kappa shape index (κ2) is 5.90. The van der Waals surface area contributed by atoms with Crippen molar-refractivity contribution in [2.45, 2.75) is 6.04 Å². The van der Waals surface area contributed by atoms with Gasteiger partial charge >= 0.3 is 0 Å². The number of nitrogens with two attached hydrogens (primary N) is 1. The summed E-state index contributed by atoms with van der Waals surface area (Å²) in [5.41, 5.74) is 8.33. The zero-order valence-corrected chi connectivity index (χ0v) is 13.1. The van der Waals surface area contributed by atoms with Gasteiger partial charge in [0.05, 0.1) is 23.1 Å². The van der Waals surface area contributed by atoms with E-state index in [4.69, 9.17) is 15.2 Å². The van der Waals surface area contributed by atoms with E-state index < -0.39 is 0 Å². The fourth-order valence-corrected chi connectivity index (χ4v) is 3.16. The summed E-state index contributed by atoms with van der Waals surface area (Å²) in [5, 5.41) is 2.07. The number of hydrogen-bond acceptors (Lipinski definition) is 4. The van der Waals surface area contributed by atoms with Crippen LogP contribution in [0.15, 0.2) is 29.6 Å². The summed E-state index contributed by atoms with van der Waals surface area (Å²) < 4.78 is 11.8. The number of rotatable bonds is 4. The van der Waals surface area contributed by atoms with Crippen LogP contribution in [-0.4, -0.2) is 14.2 Å². The maximum Gasteiger partial charge on any atom is 0.124 e. The first kappa shape index (κ1) is 13.6. The van der Waals surface area contributed by atoms with Crippen LogP contribution in [-0.2, 0) is 0 Å². The number of methoxy groups -OCH3 is 2. The van der Waals surface area contributed by atoms with Crippen molar-refractivity contribution in [3.05, 3.63) is 43.7 Å². The fourth-order valence-electron chi connectivity index (χ4n) is 1.75. The van der Waals surface area contributed by atoms with E-state index >= 15 is 0 Å². The highest BCUT2D eigenvalue weighted by Crippen LogP contribution is 2.33. The first-order valence-corrected chi connectivity index (χ1v) is 7.33. The third-order valence-corrected chi connectivity index (χ3v) is 4.53. The summed E-state index contributed by atoms with van der Waals surface area (Å²) in [6.45, 7) is 0. The Morgan fingerprint density at radius 3 is 2.56 bits per heavy atom. The molecule has 1 atom stereocenters. The van der Waals surface area contributed by atoms with Gasteiger partial charge in [-0.1, -0.05) is 0 Å². The smallest absolute Gasteiger partial charge is 0.124 e. The van der Waals surface area contributed by atoms with Crippen molar-refractivity contribution in [3.63, 3.8) is 0 Å². The Labute approximate surface area is 124 Å². The van der Waals surface area contributed by atoms with Crippen molar-refractivity contribution in [3.8, 4) is 11.5 Å². The largest absolute Gasteiger partial charge is 0.497 e. The van der Waals surface area contributed by atoms with Crippen LogP contribution in [0.4, 0.5) is 0 Å². The lowest BCUT2D eigenvalue weighted by Crippen LogP contribution is -2.12. The molecule has 1 aromatic heterocycles. The van der Waals surface area contributed by atoms with Crippen molar-refractivity contribution in [1.82, 2.24) is 0 Å². The number of benzene rings is 1. The van der Waals surface area contributed by atoms with Crippen molar-refractivity contribution in [2.75, 3.05) is 14.2 Å². The van der Waals surface area contributed by atoms with Crippen LogP contribution >= 0.6 is 33.9 Å². The van der Waals surface area contributed by atoms with E-state index in [9.17, 15) is 0 Å². The maximum absolute atomic E-state index is 6.30. The molecule has 0 aliphatic heterocycles. The minimum atomic E-state index is -0.199. The van der Waals surface area contributed by atoms with Gasteiger partial charge in [-0.2, -0.15) is 0 Å². The Bertz CT molecular complexity index is 542. The molecule has 0 amide bonds. The van der Waals surface area contributed by atoms with Crippen molar-refractivity contribution in [1.29, 1.82) is 0 Å². The molecule has 1 heterocycles. The molecular formula is C13H14INO2S. The Kier molecular flexibility index (Phi) is 4.47. The zero-order valence-electron chi connectivity index (χ0n) is 10.1. The molecule has 1 aromatic carbocycles. The molecule has 0 saturated carbocycles. The monoisotopic (exact) mass is 375 g/mol. The van der Waals surface area contributed by atoms with Crippen LogP contribution in [0.1, 0.15) is 17.2 Å². The molecule has 2 N–H and O–H groups in total. The summed E-state index contributed by atoms with van der Waals surface area (Å²) in [4.78, 5) is 0. The highest BCUT2D eigenvalue weighted by atomic mass is 127. The van der Waals surface area contributed by atoms with Crippen molar-refractivity contribution < 1.29 is 9.47 Å². The molecule has 18 heavy (non-hydrogen) atoms. The van der Waals surface area contributed by atoms with Gasteiger partial charge in [-0.15, -0.1) is 11.3 Å². The molecule has 0 spiro atoms. The van der Waals surface area contributed by atoms with Crippen LogP contribution in [0.5, 0.6) is 11.5 Å². The predicted octanol–water partition coefficient (Wildman–Crippen LogP) is 3.42. The standard InChI is InChI=1S/C13H14INO2S/c1-16-9-3-4-11(17-2)10(6-9)13(15)8-5-12(14)18-7-8/h3-7,13H,15H2,1-2H3. The van der Waals surface area contributed by atoms with Crippen LogP contribution in [0, 0.1) is 2.88 Å². The highest BCUT2D eigenvalue weighted by Gasteiger charge is 2.16. The summed E-state index contributed by atoms with van der Waals surface area (Å²) in [6.07, 6.45) is 0. The van der Waals surface area contributed by atoms with E-state index in [0.717, 1.165) is 22.6 Å². The first-order chi connectivity index (χ1) is 8.65. The number of thiophene rings is 1. The lowest BCUT2D eigenvalue weighted by Gasteiger charge is -2.15. The second-order valence-electron chi connectivity index (χ2n) is 3.77. The molecule has 2 rings (SSSR count). The average Bonchev–Trinajstić information content (AvgIpc) is 2.83. The van der Waals surface area contributed by atoms with E-state index in [0.29, 0.717) is 0 Å². The minimum absolute atomic E-state index is 0.199. The number of halogens is 1. The second-order valence-corrected chi connectivity index (χ2v) is 6.58. The third kappa shape index (κ3) is 2.78. The quantitative estimate of drug-likeness (QED) is 0.833. The molecule has 0 saturated heterocycles. The SMILES string of the molecule is COc1ccc(OC)c(C(N)c2csc(I)c2)c1. The predicted molar refractivity (Wildman–Crippen MR) is 82.6 cm³/mol. The lowest BCUT2D eigenvalue weighted by molar-refractivity contribution is 0.397. The fraction of sp³-hybridized carbons (Fsp3) is 0.231. The Morgan fingerprint density at radius 1 is 1.22 bits per heavy atom. The van der Waals surface area contributed by atoms with Gasteiger partial charge < -0.3 is 15.2 Å². The first-order valence-electron chi connectivity index (χ1n) is 5.37. The van der Waals surface area contributed by atoms with E-state index in [1.165, 1.54) is 2.88 Å². The summed E-state index contributed by atoms with van der Waals surface area (Å²) in [7, 11) is 3.29. The van der Waals surface area contributed by atoms with Crippen LogP contribution < -0.4 is 15.2 Å². The Morgan fingerprint density at radius 2 is 2.00 bits per heavy atom. The van der Waals surface area contributed by atoms with E-state index in [2.05, 4.69) is 34.0 Å². The number of ether oxygens (including phenoxy) is 2. The van der Waals surface area contributed by atoms with E-state index in [1.54, 1.807) is 25.6 Å². The maximum atomic E-state index is 6.30. The van der Waals surface area contributed by atoms with Crippen LogP contribution in [0.2, 0.25) is 0 Å². The Hall–Kier alpha value is -0.790. The molecule has 96 valence electrons. The van der Waals surface area contributed by atoms with Gasteiger partial charge in [-0.05, 0) is 57.8 Å². The molecule has 0 aliphatic rings. The number of hydrogen-bond donors (Lipinski definition) is 1. The topological polar surface area (TPSA) is 44.5 Å². The summed E-state index contributed by atoms with van der Waals surface area (Å²) in [6, 6.07) is 7.57. The molecule has 2 aromatic rings. The van der Waals surface area contributed by atoms with Gasteiger partial charge in [-0.25, -0.2) is 0 Å². The van der Waals surface area contributed by atoms with E-state index in [1.807, 2.05) is 18.2 Å². The summed E-state index contributed by atoms with van der Waals surface area (Å²) >= 11 is 3.98. The van der Waals surface area contributed by atoms with Crippen LogP contribution in [0.25, 0.3) is 0 Å².